The molecule has 1 saturated heterocycles. The molecule has 1 saturated carbocycles. The van der Waals surface area contributed by atoms with Gasteiger partial charge >= 0.3 is 0 Å². The van der Waals surface area contributed by atoms with Crippen LogP contribution in [0.5, 0.6) is 0 Å². The molecule has 0 bridgehead atoms. The van der Waals surface area contributed by atoms with E-state index in [9.17, 15) is 0 Å². The predicted molar refractivity (Wildman–Crippen MR) is 42.3 cm³/mol. The zero-order valence-electron chi connectivity index (χ0n) is 6.99. The minimum absolute atomic E-state index is 0.364. The van der Waals surface area contributed by atoms with Crippen molar-refractivity contribution >= 4 is 0 Å². The summed E-state index contributed by atoms with van der Waals surface area (Å²) < 4.78 is 5.50. The van der Waals surface area contributed by atoms with Gasteiger partial charge in [0.05, 0.1) is 12.2 Å². The molecule has 0 radical (unpaired) electrons. The van der Waals surface area contributed by atoms with Gasteiger partial charge in [0.2, 0.25) is 0 Å². The monoisotopic (exact) mass is 156 g/mol. The minimum Gasteiger partial charge on any atom is -0.396 e. The summed E-state index contributed by atoms with van der Waals surface area (Å²) in [7, 11) is 0. The normalized spacial score (nSPS) is 47.5. The SMILES string of the molecule is CCCC1OC1C1CC1CO. The Balaban J connectivity index is 1.68. The molecule has 1 heterocycles. The second-order valence-electron chi connectivity index (χ2n) is 3.77. The molecule has 4 atom stereocenters. The fraction of sp³-hybridized carbons (Fsp3) is 1.00. The van der Waals surface area contributed by atoms with Crippen LogP contribution in [0.3, 0.4) is 0 Å². The highest BCUT2D eigenvalue weighted by molar-refractivity contribution is 5.01. The van der Waals surface area contributed by atoms with Gasteiger partial charge in [-0.25, -0.2) is 0 Å². The van der Waals surface area contributed by atoms with Crippen LogP contribution in [0.25, 0.3) is 0 Å². The zero-order chi connectivity index (χ0) is 7.84. The van der Waals surface area contributed by atoms with Crippen LogP contribution in [0, 0.1) is 11.8 Å². The second-order valence-corrected chi connectivity index (χ2v) is 3.77. The molecular formula is C9H16O2. The summed E-state index contributed by atoms with van der Waals surface area (Å²) in [4.78, 5) is 0. The third kappa shape index (κ3) is 1.42. The van der Waals surface area contributed by atoms with Crippen molar-refractivity contribution in [2.45, 2.75) is 38.4 Å². The van der Waals surface area contributed by atoms with E-state index in [1.54, 1.807) is 0 Å². The van der Waals surface area contributed by atoms with Crippen molar-refractivity contribution in [1.29, 1.82) is 0 Å². The third-order valence-corrected chi connectivity index (χ3v) is 2.83. The smallest absolute Gasteiger partial charge is 0.0873 e. The fourth-order valence-corrected chi connectivity index (χ4v) is 1.93. The maximum absolute atomic E-state index is 8.81. The maximum atomic E-state index is 8.81. The van der Waals surface area contributed by atoms with Crippen molar-refractivity contribution < 1.29 is 9.84 Å². The number of ether oxygens (including phenoxy) is 1. The van der Waals surface area contributed by atoms with E-state index < -0.39 is 0 Å². The first-order valence-corrected chi connectivity index (χ1v) is 4.63. The standard InChI is InChI=1S/C9H16O2/c1-2-3-8-9(11-8)7-4-6(7)5-10/h6-10H,2-5H2,1H3. The molecule has 4 unspecified atom stereocenters. The highest BCUT2D eigenvalue weighted by atomic mass is 16.6. The Hall–Kier alpha value is -0.0800. The summed E-state index contributed by atoms with van der Waals surface area (Å²) in [5.41, 5.74) is 0. The van der Waals surface area contributed by atoms with Crippen LogP contribution in [-0.2, 0) is 4.74 Å². The van der Waals surface area contributed by atoms with Crippen LogP contribution in [0.2, 0.25) is 0 Å². The van der Waals surface area contributed by atoms with Gasteiger partial charge in [0.15, 0.2) is 0 Å². The highest BCUT2D eigenvalue weighted by Gasteiger charge is 2.54. The molecule has 2 nitrogen and oxygen atoms in total. The largest absolute Gasteiger partial charge is 0.396 e. The Bertz CT molecular complexity index is 146. The molecule has 0 aromatic heterocycles. The van der Waals surface area contributed by atoms with E-state index in [2.05, 4.69) is 6.92 Å². The van der Waals surface area contributed by atoms with Gasteiger partial charge in [-0.15, -0.1) is 0 Å². The van der Waals surface area contributed by atoms with Crippen molar-refractivity contribution in [1.82, 2.24) is 0 Å². The molecule has 1 aliphatic carbocycles. The van der Waals surface area contributed by atoms with Gasteiger partial charge in [-0.2, -0.15) is 0 Å². The molecule has 2 fully saturated rings. The van der Waals surface area contributed by atoms with Crippen LogP contribution in [0.1, 0.15) is 26.2 Å². The lowest BCUT2D eigenvalue weighted by Gasteiger charge is -1.89. The molecule has 2 heteroatoms. The number of rotatable bonds is 4. The van der Waals surface area contributed by atoms with E-state index in [1.165, 1.54) is 19.3 Å². The Morgan fingerprint density at radius 2 is 2.36 bits per heavy atom. The summed E-state index contributed by atoms with van der Waals surface area (Å²) in [5, 5.41) is 8.81. The van der Waals surface area contributed by atoms with E-state index in [-0.39, 0.29) is 0 Å². The molecule has 0 aromatic carbocycles. The molecule has 0 aromatic rings. The van der Waals surface area contributed by atoms with E-state index in [0.717, 1.165) is 0 Å². The van der Waals surface area contributed by atoms with Gasteiger partial charge in [0.25, 0.3) is 0 Å². The quantitative estimate of drug-likeness (QED) is 0.620. The fourth-order valence-electron chi connectivity index (χ4n) is 1.93. The first kappa shape index (κ1) is 7.56. The van der Waals surface area contributed by atoms with Gasteiger partial charge in [-0.3, -0.25) is 0 Å². The topological polar surface area (TPSA) is 32.8 Å². The maximum Gasteiger partial charge on any atom is 0.0873 e. The van der Waals surface area contributed by atoms with Crippen molar-refractivity contribution in [3.05, 3.63) is 0 Å². The van der Waals surface area contributed by atoms with E-state index in [0.29, 0.717) is 30.7 Å². The van der Waals surface area contributed by atoms with Gasteiger partial charge in [-0.05, 0) is 24.7 Å². The van der Waals surface area contributed by atoms with Crippen molar-refractivity contribution in [2.75, 3.05) is 6.61 Å². The Morgan fingerprint density at radius 1 is 1.55 bits per heavy atom. The van der Waals surface area contributed by atoms with Crippen LogP contribution in [0.15, 0.2) is 0 Å². The lowest BCUT2D eigenvalue weighted by molar-refractivity contribution is 0.259. The van der Waals surface area contributed by atoms with E-state index in [4.69, 9.17) is 9.84 Å². The number of aliphatic hydroxyl groups excluding tert-OH is 1. The zero-order valence-corrected chi connectivity index (χ0v) is 6.99. The molecular weight excluding hydrogens is 140 g/mol. The van der Waals surface area contributed by atoms with Gasteiger partial charge in [0.1, 0.15) is 0 Å². The number of hydrogen-bond donors (Lipinski definition) is 1. The summed E-state index contributed by atoms with van der Waals surface area (Å²) >= 11 is 0. The lowest BCUT2D eigenvalue weighted by Crippen LogP contribution is -1.99. The number of hydrogen-bond acceptors (Lipinski definition) is 2. The average molecular weight is 156 g/mol. The molecule has 11 heavy (non-hydrogen) atoms. The summed E-state index contributed by atoms with van der Waals surface area (Å²) in [6.45, 7) is 2.55. The van der Waals surface area contributed by atoms with Gasteiger partial charge < -0.3 is 9.84 Å². The van der Waals surface area contributed by atoms with Crippen LogP contribution < -0.4 is 0 Å². The molecule has 1 N–H and O–H groups in total. The van der Waals surface area contributed by atoms with Crippen LogP contribution in [-0.4, -0.2) is 23.9 Å². The summed E-state index contributed by atoms with van der Waals surface area (Å²) in [6, 6.07) is 0. The van der Waals surface area contributed by atoms with Crippen LogP contribution in [0.4, 0.5) is 0 Å². The first-order valence-electron chi connectivity index (χ1n) is 4.63. The van der Waals surface area contributed by atoms with Crippen molar-refractivity contribution in [3.63, 3.8) is 0 Å². The average Bonchev–Trinajstić information content (AvgIpc) is 2.80. The third-order valence-electron chi connectivity index (χ3n) is 2.83. The lowest BCUT2D eigenvalue weighted by atomic mass is 10.1. The van der Waals surface area contributed by atoms with Crippen molar-refractivity contribution in [3.8, 4) is 0 Å². The Kier molecular flexibility index (Phi) is 1.90. The molecule has 2 aliphatic rings. The molecule has 1 aliphatic heterocycles. The Morgan fingerprint density at radius 3 is 2.91 bits per heavy atom. The summed E-state index contributed by atoms with van der Waals surface area (Å²) in [5.74, 6) is 1.28. The molecule has 0 amide bonds. The van der Waals surface area contributed by atoms with Crippen molar-refractivity contribution in [2.24, 2.45) is 11.8 Å². The Labute approximate surface area is 67.6 Å². The van der Waals surface area contributed by atoms with Crippen LogP contribution >= 0.6 is 0 Å². The van der Waals surface area contributed by atoms with E-state index >= 15 is 0 Å². The van der Waals surface area contributed by atoms with Gasteiger partial charge in [-0.1, -0.05) is 13.3 Å². The van der Waals surface area contributed by atoms with E-state index in [1.807, 2.05) is 0 Å². The molecule has 0 spiro atoms. The van der Waals surface area contributed by atoms with Gasteiger partial charge in [0, 0.05) is 6.61 Å². The number of aliphatic hydroxyl groups is 1. The second kappa shape index (κ2) is 2.76. The number of epoxide rings is 1. The minimum atomic E-state index is 0.364. The first-order chi connectivity index (χ1) is 5.36. The molecule has 2 rings (SSSR count). The summed E-state index contributed by atoms with van der Waals surface area (Å²) in [6.07, 6.45) is 4.69. The predicted octanol–water partition coefficient (Wildman–Crippen LogP) is 1.18. The highest BCUT2D eigenvalue weighted by Crippen LogP contribution is 2.50. The molecule has 64 valence electrons.